The lowest BCUT2D eigenvalue weighted by atomic mass is 10.0. The summed E-state index contributed by atoms with van der Waals surface area (Å²) in [4.78, 5) is 11.8. The molecular weight excluding hydrogens is 310 g/mol. The minimum absolute atomic E-state index is 0.104. The quantitative estimate of drug-likeness (QED) is 0.647. The van der Waals surface area contributed by atoms with Gasteiger partial charge in [0.15, 0.2) is 0 Å². The summed E-state index contributed by atoms with van der Waals surface area (Å²) in [6, 6.07) is 11.5. The summed E-state index contributed by atoms with van der Waals surface area (Å²) in [7, 11) is 0. The van der Waals surface area contributed by atoms with Crippen LogP contribution in [0.4, 0.5) is 5.69 Å². The van der Waals surface area contributed by atoms with Crippen LogP contribution in [0.1, 0.15) is 22.3 Å². The van der Waals surface area contributed by atoms with Crippen molar-refractivity contribution in [1.82, 2.24) is 5.43 Å². The van der Waals surface area contributed by atoms with Gasteiger partial charge in [0.1, 0.15) is 0 Å². The molecule has 0 saturated carbocycles. The molecule has 0 fully saturated rings. The van der Waals surface area contributed by atoms with Gasteiger partial charge in [0.25, 0.3) is 5.91 Å². The van der Waals surface area contributed by atoms with Crippen molar-refractivity contribution in [2.75, 3.05) is 11.9 Å². The lowest BCUT2D eigenvalue weighted by Gasteiger charge is -2.08. The number of carbonyl (C=O) groups is 1. The van der Waals surface area contributed by atoms with Crippen LogP contribution in [0.5, 0.6) is 0 Å². The highest BCUT2D eigenvalue weighted by molar-refractivity contribution is 6.33. The molecule has 0 aliphatic carbocycles. The Morgan fingerprint density at radius 3 is 2.48 bits per heavy atom. The normalized spacial score (nSPS) is 10.8. The zero-order valence-electron chi connectivity index (χ0n) is 13.5. The number of nitrogens with one attached hydrogen (secondary N) is 2. The van der Waals surface area contributed by atoms with Gasteiger partial charge in [-0.3, -0.25) is 4.79 Å². The number of amides is 1. The fraction of sp³-hybridized carbons (Fsp3) is 0.222. The molecule has 0 heterocycles. The number of carbonyl (C=O) groups excluding carboxylic acids is 1. The van der Waals surface area contributed by atoms with E-state index in [1.807, 2.05) is 32.0 Å². The van der Waals surface area contributed by atoms with Crippen LogP contribution in [0.15, 0.2) is 41.5 Å². The van der Waals surface area contributed by atoms with Crippen LogP contribution in [-0.4, -0.2) is 18.7 Å². The molecule has 0 saturated heterocycles. The van der Waals surface area contributed by atoms with Crippen molar-refractivity contribution in [1.29, 1.82) is 0 Å². The van der Waals surface area contributed by atoms with Crippen molar-refractivity contribution in [3.63, 3.8) is 0 Å². The molecule has 2 aromatic rings. The van der Waals surface area contributed by atoms with Gasteiger partial charge in [0.05, 0.1) is 23.5 Å². The van der Waals surface area contributed by atoms with Gasteiger partial charge in [0.2, 0.25) is 0 Å². The number of nitrogens with zero attached hydrogens (tertiary/aromatic N) is 1. The van der Waals surface area contributed by atoms with Crippen molar-refractivity contribution in [2.45, 2.75) is 20.8 Å². The SMILES string of the molecule is Cc1cc(C)c(/C=N\NC(=O)CNc2ccccc2Cl)c(C)c1. The molecule has 0 atom stereocenters. The standard InChI is InChI=1S/C18H20ClN3O/c1-12-8-13(2)15(14(3)9-12)10-21-22-18(23)11-20-17-7-5-4-6-16(17)19/h4-10,20H,11H2,1-3H3,(H,22,23)/b21-10-. The largest absolute Gasteiger partial charge is 0.375 e. The van der Waals surface area contributed by atoms with Gasteiger partial charge in [-0.05, 0) is 44.0 Å². The first kappa shape index (κ1) is 17.0. The fourth-order valence-electron chi connectivity index (χ4n) is 2.38. The van der Waals surface area contributed by atoms with Crippen molar-refractivity contribution >= 4 is 29.4 Å². The van der Waals surface area contributed by atoms with E-state index in [1.165, 1.54) is 5.56 Å². The maximum atomic E-state index is 11.8. The highest BCUT2D eigenvalue weighted by Crippen LogP contribution is 2.19. The molecule has 2 N–H and O–H groups in total. The number of hydrazone groups is 1. The van der Waals surface area contributed by atoms with E-state index in [2.05, 4.69) is 34.9 Å². The second-order valence-corrected chi connectivity index (χ2v) is 5.85. The van der Waals surface area contributed by atoms with E-state index in [0.29, 0.717) is 5.02 Å². The van der Waals surface area contributed by atoms with Crippen LogP contribution in [0.25, 0.3) is 0 Å². The van der Waals surface area contributed by atoms with Gasteiger partial charge in [-0.2, -0.15) is 5.10 Å². The van der Waals surface area contributed by atoms with Crippen LogP contribution < -0.4 is 10.7 Å². The molecule has 23 heavy (non-hydrogen) atoms. The third kappa shape index (κ3) is 4.83. The summed E-state index contributed by atoms with van der Waals surface area (Å²) in [5, 5.41) is 7.58. The predicted molar refractivity (Wildman–Crippen MR) is 96.3 cm³/mol. The van der Waals surface area contributed by atoms with Gasteiger partial charge in [0, 0.05) is 5.56 Å². The number of hydrogen-bond donors (Lipinski definition) is 2. The van der Waals surface area contributed by atoms with Gasteiger partial charge in [-0.15, -0.1) is 0 Å². The summed E-state index contributed by atoms with van der Waals surface area (Å²) in [5.74, 6) is -0.233. The average Bonchev–Trinajstić information content (AvgIpc) is 2.49. The highest BCUT2D eigenvalue weighted by atomic mass is 35.5. The molecule has 2 rings (SSSR count). The molecule has 4 nitrogen and oxygen atoms in total. The maximum absolute atomic E-state index is 11.8. The summed E-state index contributed by atoms with van der Waals surface area (Å²) in [5.41, 5.74) is 7.74. The number of para-hydroxylation sites is 1. The van der Waals surface area contributed by atoms with Gasteiger partial charge in [-0.25, -0.2) is 5.43 Å². The summed E-state index contributed by atoms with van der Waals surface area (Å²) < 4.78 is 0. The predicted octanol–water partition coefficient (Wildman–Crippen LogP) is 3.83. The smallest absolute Gasteiger partial charge is 0.259 e. The number of halogens is 1. The summed E-state index contributed by atoms with van der Waals surface area (Å²) in [6.07, 6.45) is 1.68. The van der Waals surface area contributed by atoms with Gasteiger partial charge < -0.3 is 5.32 Å². The van der Waals surface area contributed by atoms with Crippen LogP contribution in [0.2, 0.25) is 5.02 Å². The third-order valence-electron chi connectivity index (χ3n) is 3.43. The van der Waals surface area contributed by atoms with Gasteiger partial charge >= 0.3 is 0 Å². The van der Waals surface area contributed by atoms with E-state index < -0.39 is 0 Å². The number of hydrogen-bond acceptors (Lipinski definition) is 3. The Kier molecular flexibility index (Phi) is 5.77. The Bertz CT molecular complexity index is 718. The molecule has 0 aliphatic rings. The zero-order chi connectivity index (χ0) is 16.8. The van der Waals surface area contributed by atoms with E-state index in [-0.39, 0.29) is 12.5 Å². The van der Waals surface area contributed by atoms with Crippen molar-refractivity contribution < 1.29 is 4.79 Å². The van der Waals surface area contributed by atoms with Gasteiger partial charge in [-0.1, -0.05) is 41.4 Å². The third-order valence-corrected chi connectivity index (χ3v) is 3.76. The molecule has 0 radical (unpaired) electrons. The maximum Gasteiger partial charge on any atom is 0.259 e. The molecule has 2 aromatic carbocycles. The van der Waals surface area contributed by atoms with E-state index in [0.717, 1.165) is 22.4 Å². The first-order chi connectivity index (χ1) is 11.0. The Balaban J connectivity index is 1.91. The van der Waals surface area contributed by atoms with Crippen LogP contribution in [-0.2, 0) is 4.79 Å². The molecule has 120 valence electrons. The lowest BCUT2D eigenvalue weighted by molar-refractivity contribution is -0.119. The molecule has 0 bridgehead atoms. The van der Waals surface area contributed by atoms with Crippen molar-refractivity contribution in [3.8, 4) is 0 Å². The van der Waals surface area contributed by atoms with E-state index in [4.69, 9.17) is 11.6 Å². The molecule has 0 unspecified atom stereocenters. The van der Waals surface area contributed by atoms with E-state index in [9.17, 15) is 4.79 Å². The monoisotopic (exact) mass is 329 g/mol. The Morgan fingerprint density at radius 1 is 1.17 bits per heavy atom. The molecule has 1 amide bonds. The first-order valence-corrected chi connectivity index (χ1v) is 7.73. The van der Waals surface area contributed by atoms with Crippen LogP contribution in [0.3, 0.4) is 0 Å². The molecule has 0 aromatic heterocycles. The average molecular weight is 330 g/mol. The summed E-state index contributed by atoms with van der Waals surface area (Å²) in [6.45, 7) is 6.22. The zero-order valence-corrected chi connectivity index (χ0v) is 14.2. The van der Waals surface area contributed by atoms with Crippen molar-refractivity contribution in [2.24, 2.45) is 5.10 Å². The second kappa shape index (κ2) is 7.79. The molecule has 5 heteroatoms. The van der Waals surface area contributed by atoms with Crippen LogP contribution >= 0.6 is 11.6 Å². The Labute approximate surface area is 141 Å². The number of benzene rings is 2. The fourth-order valence-corrected chi connectivity index (χ4v) is 2.59. The number of rotatable bonds is 5. The molecular formula is C18H20ClN3O. The molecule has 0 aliphatic heterocycles. The first-order valence-electron chi connectivity index (χ1n) is 7.35. The van der Waals surface area contributed by atoms with E-state index in [1.54, 1.807) is 12.3 Å². The number of aryl methyl sites for hydroxylation is 3. The minimum Gasteiger partial charge on any atom is -0.375 e. The topological polar surface area (TPSA) is 53.5 Å². The lowest BCUT2D eigenvalue weighted by Crippen LogP contribution is -2.26. The highest BCUT2D eigenvalue weighted by Gasteiger charge is 2.03. The Morgan fingerprint density at radius 2 is 1.83 bits per heavy atom. The second-order valence-electron chi connectivity index (χ2n) is 5.44. The minimum atomic E-state index is -0.233. The van der Waals surface area contributed by atoms with E-state index >= 15 is 0 Å². The number of anilines is 1. The van der Waals surface area contributed by atoms with Crippen molar-refractivity contribution in [3.05, 3.63) is 63.7 Å². The summed E-state index contributed by atoms with van der Waals surface area (Å²) >= 11 is 6.02. The molecule has 0 spiro atoms. The van der Waals surface area contributed by atoms with Crippen LogP contribution in [0, 0.1) is 20.8 Å². The Hall–Kier alpha value is -2.33.